The van der Waals surface area contributed by atoms with Crippen LogP contribution >= 0.6 is 0 Å². The van der Waals surface area contributed by atoms with Gasteiger partial charge in [-0.25, -0.2) is 8.42 Å². The summed E-state index contributed by atoms with van der Waals surface area (Å²) in [4.78, 5) is 18.9. The van der Waals surface area contributed by atoms with Crippen LogP contribution in [0.1, 0.15) is 41.5 Å². The van der Waals surface area contributed by atoms with Crippen molar-refractivity contribution in [2.24, 2.45) is 0 Å². The van der Waals surface area contributed by atoms with Crippen LogP contribution in [0.5, 0.6) is 5.75 Å². The third-order valence-corrected chi connectivity index (χ3v) is 7.06. The molecule has 1 fully saturated rings. The van der Waals surface area contributed by atoms with Gasteiger partial charge >= 0.3 is 0 Å². The molecule has 7 nitrogen and oxygen atoms in total. The number of carbonyl (C=O) groups is 1. The number of rotatable bonds is 4. The highest BCUT2D eigenvalue weighted by molar-refractivity contribution is 7.89. The zero-order chi connectivity index (χ0) is 20.1. The molecule has 0 bridgehead atoms. The lowest BCUT2D eigenvalue weighted by atomic mass is 10.0. The molecule has 1 atom stereocenters. The summed E-state index contributed by atoms with van der Waals surface area (Å²) in [6.45, 7) is 6.53. The predicted octanol–water partition coefficient (Wildman–Crippen LogP) is 2.38. The molecule has 1 saturated heterocycles. The molecule has 0 N–H and O–H groups in total. The fraction of sp³-hybridized carbons (Fsp3) is 0.400. The maximum Gasteiger partial charge on any atom is 0.256 e. The average Bonchev–Trinajstić information content (AvgIpc) is 2.95. The normalized spacial score (nSPS) is 19.6. The Kier molecular flexibility index (Phi) is 4.63. The van der Waals surface area contributed by atoms with Crippen LogP contribution in [0.15, 0.2) is 41.4 Å². The fourth-order valence-corrected chi connectivity index (χ4v) is 5.32. The minimum Gasteiger partial charge on any atom is -0.491 e. The monoisotopic (exact) mass is 401 g/mol. The van der Waals surface area contributed by atoms with Crippen LogP contribution in [0, 0.1) is 6.92 Å². The number of nitrogens with zero attached hydrogens (tertiary/aromatic N) is 3. The molecule has 8 heteroatoms. The van der Waals surface area contributed by atoms with Gasteiger partial charge in [0.2, 0.25) is 10.0 Å². The van der Waals surface area contributed by atoms with Gasteiger partial charge in [0.15, 0.2) is 0 Å². The van der Waals surface area contributed by atoms with Gasteiger partial charge in [-0.05, 0) is 56.7 Å². The second-order valence-electron chi connectivity index (χ2n) is 7.38. The largest absolute Gasteiger partial charge is 0.491 e. The number of pyridine rings is 1. The van der Waals surface area contributed by atoms with Crippen molar-refractivity contribution in [2.45, 2.75) is 37.8 Å². The van der Waals surface area contributed by atoms with Gasteiger partial charge in [-0.15, -0.1) is 0 Å². The molecule has 3 heterocycles. The first-order valence-electron chi connectivity index (χ1n) is 9.32. The van der Waals surface area contributed by atoms with Gasteiger partial charge in [-0.1, -0.05) is 0 Å². The van der Waals surface area contributed by atoms with Crippen molar-refractivity contribution in [3.63, 3.8) is 0 Å². The van der Waals surface area contributed by atoms with Crippen molar-refractivity contribution in [3.8, 4) is 5.75 Å². The number of hydrogen-bond acceptors (Lipinski definition) is 5. The molecule has 1 aromatic heterocycles. The molecule has 28 heavy (non-hydrogen) atoms. The van der Waals surface area contributed by atoms with E-state index in [1.807, 2.05) is 26.8 Å². The molecule has 148 valence electrons. The van der Waals surface area contributed by atoms with Crippen molar-refractivity contribution in [1.29, 1.82) is 0 Å². The Bertz CT molecular complexity index is 1020. The molecule has 0 saturated carbocycles. The summed E-state index contributed by atoms with van der Waals surface area (Å²) in [6.07, 6.45) is 1.69. The Morgan fingerprint density at radius 3 is 2.54 bits per heavy atom. The second kappa shape index (κ2) is 6.86. The molecular formula is C20H23N3O4S. The number of aryl methyl sites for hydroxylation is 1. The molecule has 4 rings (SSSR count). The number of amides is 1. The van der Waals surface area contributed by atoms with E-state index in [1.54, 1.807) is 35.4 Å². The van der Waals surface area contributed by atoms with E-state index in [1.165, 1.54) is 4.31 Å². The maximum atomic E-state index is 13.1. The van der Waals surface area contributed by atoms with E-state index in [9.17, 15) is 13.2 Å². The number of sulfonamides is 1. The molecule has 0 radical (unpaired) electrons. The van der Waals surface area contributed by atoms with Crippen molar-refractivity contribution >= 4 is 15.9 Å². The van der Waals surface area contributed by atoms with Crippen LogP contribution in [0.4, 0.5) is 0 Å². The topological polar surface area (TPSA) is 79.8 Å². The van der Waals surface area contributed by atoms with Gasteiger partial charge in [-0.3, -0.25) is 9.78 Å². The van der Waals surface area contributed by atoms with Crippen molar-refractivity contribution in [2.75, 3.05) is 19.6 Å². The fourth-order valence-electron chi connectivity index (χ4n) is 3.88. The maximum absolute atomic E-state index is 13.1. The van der Waals surface area contributed by atoms with E-state index >= 15 is 0 Å². The van der Waals surface area contributed by atoms with Gasteiger partial charge in [-0.2, -0.15) is 4.31 Å². The summed E-state index contributed by atoms with van der Waals surface area (Å²) in [5.74, 6) is 0.579. The summed E-state index contributed by atoms with van der Waals surface area (Å²) in [5, 5.41) is 0. The highest BCUT2D eigenvalue weighted by Crippen LogP contribution is 2.38. The Morgan fingerprint density at radius 1 is 1.14 bits per heavy atom. The predicted molar refractivity (Wildman–Crippen MR) is 104 cm³/mol. The van der Waals surface area contributed by atoms with Crippen LogP contribution in [-0.2, 0) is 10.0 Å². The SMILES string of the molecule is Cc1nccc2c1C(=O)N1CCN(S(=O)(=O)c3ccc(OC(C)C)cc3)CC21. The number of aromatic nitrogens is 1. The molecule has 1 amide bonds. The molecule has 2 aromatic rings. The summed E-state index contributed by atoms with van der Waals surface area (Å²) in [6, 6.07) is 8.04. The number of piperazine rings is 1. The molecule has 1 aromatic carbocycles. The van der Waals surface area contributed by atoms with Gasteiger partial charge in [0.1, 0.15) is 5.75 Å². The van der Waals surface area contributed by atoms with E-state index in [4.69, 9.17) is 4.74 Å². The Labute approximate surface area is 165 Å². The van der Waals surface area contributed by atoms with E-state index in [-0.39, 0.29) is 36.0 Å². The second-order valence-corrected chi connectivity index (χ2v) is 9.31. The molecule has 2 aliphatic heterocycles. The van der Waals surface area contributed by atoms with Crippen molar-refractivity contribution in [1.82, 2.24) is 14.2 Å². The lowest BCUT2D eigenvalue weighted by Crippen LogP contribution is -2.49. The highest BCUT2D eigenvalue weighted by atomic mass is 32.2. The van der Waals surface area contributed by atoms with Crippen molar-refractivity contribution < 1.29 is 17.9 Å². The molecule has 1 unspecified atom stereocenters. The lowest BCUT2D eigenvalue weighted by molar-refractivity contribution is 0.0628. The van der Waals surface area contributed by atoms with E-state index in [0.29, 0.717) is 23.6 Å². The van der Waals surface area contributed by atoms with Gasteiger partial charge in [0.05, 0.1) is 28.3 Å². The third kappa shape index (κ3) is 3.06. The zero-order valence-corrected chi connectivity index (χ0v) is 16.9. The van der Waals surface area contributed by atoms with Gasteiger partial charge < -0.3 is 9.64 Å². The van der Waals surface area contributed by atoms with E-state index in [2.05, 4.69) is 4.98 Å². The van der Waals surface area contributed by atoms with Crippen LogP contribution in [0.2, 0.25) is 0 Å². The van der Waals surface area contributed by atoms with Gasteiger partial charge in [0.25, 0.3) is 5.91 Å². The Hall–Kier alpha value is -2.45. The standard InChI is InChI=1S/C20H23N3O4S/c1-13(2)27-15-4-6-16(7-5-15)28(25,26)22-10-11-23-18(12-22)17-8-9-21-14(3)19(17)20(23)24/h4-9,13,18H,10-12H2,1-3H3. The first-order chi connectivity index (χ1) is 13.3. The van der Waals surface area contributed by atoms with Gasteiger partial charge in [0, 0.05) is 25.8 Å². The minimum atomic E-state index is -3.65. The first-order valence-corrected chi connectivity index (χ1v) is 10.8. The Morgan fingerprint density at radius 2 is 1.86 bits per heavy atom. The van der Waals surface area contributed by atoms with Crippen LogP contribution in [0.25, 0.3) is 0 Å². The van der Waals surface area contributed by atoms with Crippen LogP contribution < -0.4 is 4.74 Å². The smallest absolute Gasteiger partial charge is 0.256 e. The number of fused-ring (bicyclic) bond motifs is 3. The number of ether oxygens (including phenoxy) is 1. The summed E-state index contributed by atoms with van der Waals surface area (Å²) >= 11 is 0. The molecular weight excluding hydrogens is 378 g/mol. The number of carbonyl (C=O) groups excluding carboxylic acids is 1. The highest BCUT2D eigenvalue weighted by Gasteiger charge is 2.44. The van der Waals surface area contributed by atoms with E-state index < -0.39 is 10.0 Å². The summed E-state index contributed by atoms with van der Waals surface area (Å²) < 4.78 is 33.3. The summed E-state index contributed by atoms with van der Waals surface area (Å²) in [5.41, 5.74) is 2.16. The first kappa shape index (κ1) is 18.9. The van der Waals surface area contributed by atoms with Crippen molar-refractivity contribution in [3.05, 3.63) is 53.3 Å². The Balaban J connectivity index is 1.60. The summed E-state index contributed by atoms with van der Waals surface area (Å²) in [7, 11) is -3.65. The average molecular weight is 401 g/mol. The van der Waals surface area contributed by atoms with Crippen LogP contribution in [-0.4, -0.2) is 54.3 Å². The minimum absolute atomic E-state index is 0.0217. The molecule has 0 spiro atoms. The van der Waals surface area contributed by atoms with Crippen LogP contribution in [0.3, 0.4) is 0 Å². The number of hydrogen-bond donors (Lipinski definition) is 0. The molecule has 0 aliphatic carbocycles. The lowest BCUT2D eigenvalue weighted by Gasteiger charge is -2.37. The molecule has 2 aliphatic rings. The zero-order valence-electron chi connectivity index (χ0n) is 16.1. The third-order valence-electron chi connectivity index (χ3n) is 5.18. The number of benzene rings is 1. The van der Waals surface area contributed by atoms with E-state index in [0.717, 1.165) is 5.56 Å². The quantitative estimate of drug-likeness (QED) is 0.786.